The number of phosphoric acid groups is 4. The summed E-state index contributed by atoms with van der Waals surface area (Å²) in [7, 11) is -21.9. The standard InChI is InChI=1S/C49H64N10O34P4/c1-20-11-56(46(69)51-40(20)64)34-7-24(28(15-60)85-34)90-94(73,74)81-16-29-25(8-35(86-29)57-12-21(2)41(65)52-47(57)70)91-95(75,76)82-17-30-26(9-36(87-30)58-13-22(3)42(66)53-48(58)71)92-96(77,78)83-18-31-27(10-37(88-31)59-14-23(4)43(67)54-49(59)72)93-97(79,80)84-19-32-38(62)39(63)44(89-32)55-6-5-33(61)50-45(55)68/h5-6,11-14,24-32,34-39,44,60,62-63H,7-10,15-19H2,1-4H3,(H,73,74)(H,75,76)(H,77,78)(H,79,80)(H,50,61,68)(H,51,64,69)(H,52,65,70)(H,53,66,71)(H,54,67,72)/t24-,25-,26-,27-,28-,29-,30-,31-,32-,34-,35-,36-,37-,38?,39+,44-/m1/s1. The lowest BCUT2D eigenvalue weighted by atomic mass is 10.1. The van der Waals surface area contributed by atoms with E-state index in [2.05, 4.69) is 9.97 Å². The first-order chi connectivity index (χ1) is 45.5. The minimum absolute atomic E-state index is 0.0163. The summed E-state index contributed by atoms with van der Waals surface area (Å²) in [5, 5.41) is 31.5. The zero-order chi connectivity index (χ0) is 70.5. The molecule has 48 heteroatoms. The summed E-state index contributed by atoms with van der Waals surface area (Å²) in [6.07, 6.45) is -23.1. The van der Waals surface area contributed by atoms with Crippen LogP contribution in [0.5, 0.6) is 0 Å². The molecule has 44 nitrogen and oxygen atoms in total. The Hall–Kier alpha value is -6.48. The molecule has 5 saturated heterocycles. The van der Waals surface area contributed by atoms with Gasteiger partial charge in [-0.1, -0.05) is 0 Å². The molecule has 0 amide bonds. The molecule has 12 N–H and O–H groups in total. The zero-order valence-electron chi connectivity index (χ0n) is 50.7. The van der Waals surface area contributed by atoms with Crippen LogP contribution in [0.4, 0.5) is 0 Å². The van der Waals surface area contributed by atoms with Crippen molar-refractivity contribution in [2.24, 2.45) is 0 Å². The van der Waals surface area contributed by atoms with E-state index in [4.69, 9.17) is 59.9 Å². The van der Waals surface area contributed by atoms with Gasteiger partial charge in [0.05, 0.1) is 33.0 Å². The average Bonchev–Trinajstić information content (AvgIpc) is 1.57. The summed E-state index contributed by atoms with van der Waals surface area (Å²) in [6.45, 7) is 0.162. The average molecular weight is 1460 g/mol. The topological polar surface area (TPSA) is 604 Å². The van der Waals surface area contributed by atoms with Gasteiger partial charge in [-0.05, 0) is 27.7 Å². The first-order valence-corrected chi connectivity index (χ1v) is 34.9. The van der Waals surface area contributed by atoms with Gasteiger partial charge in [0, 0.05) is 85.0 Å². The summed E-state index contributed by atoms with van der Waals surface area (Å²) in [5.74, 6) is 0. The highest BCUT2D eigenvalue weighted by atomic mass is 31.2. The first kappa shape index (κ1) is 73.2. The molecule has 0 bridgehead atoms. The molecule has 5 aromatic rings. The highest BCUT2D eigenvalue weighted by Crippen LogP contribution is 2.55. The Bertz CT molecular complexity index is 4620. The summed E-state index contributed by atoms with van der Waals surface area (Å²) >= 11 is 0. The van der Waals surface area contributed by atoms with E-state index in [1.807, 2.05) is 15.0 Å². The molecule has 0 radical (unpaired) electrons. The van der Waals surface area contributed by atoms with Gasteiger partial charge in [-0.15, -0.1) is 0 Å². The van der Waals surface area contributed by atoms with E-state index in [9.17, 15) is 101 Å². The van der Waals surface area contributed by atoms with Crippen molar-refractivity contribution in [2.45, 2.75) is 152 Å². The van der Waals surface area contributed by atoms with Crippen molar-refractivity contribution in [3.8, 4) is 0 Å². The smallest absolute Gasteiger partial charge is 0.394 e. The number of hydrogen-bond donors (Lipinski definition) is 12. The molecule has 0 aliphatic carbocycles. The van der Waals surface area contributed by atoms with Gasteiger partial charge in [-0.3, -0.25) is 108 Å². The molecular weight excluding hydrogens is 1400 g/mol. The van der Waals surface area contributed by atoms with Crippen molar-refractivity contribution in [2.75, 3.05) is 33.0 Å². The Kier molecular flexibility index (Phi) is 21.9. The first-order valence-electron chi connectivity index (χ1n) is 28.9. The Balaban J connectivity index is 0.838. The number of aliphatic hydroxyl groups is 3. The van der Waals surface area contributed by atoms with Crippen LogP contribution >= 0.6 is 31.3 Å². The van der Waals surface area contributed by atoms with Crippen LogP contribution in [-0.4, -0.2) is 183 Å². The predicted molar refractivity (Wildman–Crippen MR) is 315 cm³/mol. The van der Waals surface area contributed by atoms with Crippen molar-refractivity contribution in [1.29, 1.82) is 0 Å². The Morgan fingerprint density at radius 3 is 0.990 bits per heavy atom. The Labute approximate surface area is 538 Å². The number of aryl methyl sites for hydroxylation is 4. The van der Waals surface area contributed by atoms with Crippen LogP contribution in [0.1, 0.15) is 79.1 Å². The second-order valence-electron chi connectivity index (χ2n) is 22.8. The van der Waals surface area contributed by atoms with Crippen LogP contribution in [0.2, 0.25) is 0 Å². The minimum atomic E-state index is -5.60. The van der Waals surface area contributed by atoms with Crippen LogP contribution in [0.15, 0.2) is 85.0 Å². The van der Waals surface area contributed by atoms with Gasteiger partial charge < -0.3 is 58.6 Å². The number of hydrogen-bond acceptors (Lipinski definition) is 30. The number of ether oxygens (including phenoxy) is 5. The highest BCUT2D eigenvalue weighted by molar-refractivity contribution is 7.48. The van der Waals surface area contributed by atoms with Crippen molar-refractivity contribution in [3.63, 3.8) is 0 Å². The van der Waals surface area contributed by atoms with E-state index in [0.717, 1.165) is 59.9 Å². The second-order valence-corrected chi connectivity index (χ2v) is 28.4. The molecule has 97 heavy (non-hydrogen) atoms. The number of aliphatic hydroxyl groups excluding tert-OH is 3. The van der Waals surface area contributed by atoms with Crippen LogP contribution in [0.25, 0.3) is 0 Å². The van der Waals surface area contributed by atoms with E-state index >= 15 is 0 Å². The fourth-order valence-electron chi connectivity index (χ4n) is 10.9. The van der Waals surface area contributed by atoms with Crippen LogP contribution in [0, 0.1) is 27.7 Å². The van der Waals surface area contributed by atoms with Crippen molar-refractivity contribution in [3.05, 3.63) is 163 Å². The van der Waals surface area contributed by atoms with Gasteiger partial charge in [0.25, 0.3) is 27.8 Å². The SMILES string of the molecule is Cc1cn([C@H]2C[C@@H](OP(=O)(O)OC[C@H]3O[C@@H](n4cc(C)c(=O)[nH]c4=O)C[C@H]3OP(=O)(O)OC[C@H]3O[C@@H](n4cc(C)c(=O)[nH]c4=O)C[C@H]3OP(=O)(O)OC[C@H]3O[C@@H](n4cc(C)c(=O)[nH]c4=O)C[C@H]3OP(=O)(O)OC[C@H]3O[C@@H](n4ccc(=O)[nH]c4=O)[C@@H](O)C3O)[C@@H](CO)O2)c(=O)[nH]c1=O. The van der Waals surface area contributed by atoms with E-state index in [0.29, 0.717) is 0 Å². The zero-order valence-corrected chi connectivity index (χ0v) is 54.3. The third-order valence-corrected chi connectivity index (χ3v) is 19.9. The molecular formula is C49H64N10O34P4. The maximum Gasteiger partial charge on any atom is 0.472 e. The predicted octanol–water partition coefficient (Wildman–Crippen LogP) is -4.26. The lowest BCUT2D eigenvalue weighted by Gasteiger charge is -2.25. The molecule has 5 aliphatic heterocycles. The summed E-state index contributed by atoms with van der Waals surface area (Å²) < 4.78 is 131. The molecule has 0 aromatic carbocycles. The molecule has 5 aromatic heterocycles. The van der Waals surface area contributed by atoms with Crippen LogP contribution in [-0.2, 0) is 78.1 Å². The van der Waals surface area contributed by atoms with Gasteiger partial charge >= 0.3 is 59.7 Å². The number of phosphoric ester groups is 4. The molecule has 0 saturated carbocycles. The molecule has 10 rings (SSSR count). The minimum Gasteiger partial charge on any atom is -0.394 e. The summed E-state index contributed by atoms with van der Waals surface area (Å²) in [6, 6.07) is 0.909. The Morgan fingerprint density at radius 1 is 0.412 bits per heavy atom. The van der Waals surface area contributed by atoms with Gasteiger partial charge in [-0.2, -0.15) is 0 Å². The quantitative estimate of drug-likeness (QED) is 0.0233. The largest absolute Gasteiger partial charge is 0.472 e. The highest BCUT2D eigenvalue weighted by Gasteiger charge is 2.51. The van der Waals surface area contributed by atoms with Crippen molar-refractivity contribution < 1.29 is 113 Å². The van der Waals surface area contributed by atoms with Crippen molar-refractivity contribution >= 4 is 31.3 Å². The molecule has 10 heterocycles. The van der Waals surface area contributed by atoms with Gasteiger partial charge in [-0.25, -0.2) is 42.2 Å². The molecule has 534 valence electrons. The lowest BCUT2D eigenvalue weighted by molar-refractivity contribution is -0.0658. The van der Waals surface area contributed by atoms with Gasteiger partial charge in [0.15, 0.2) is 6.23 Å². The molecule has 0 spiro atoms. The summed E-state index contributed by atoms with van der Waals surface area (Å²) in [4.78, 5) is 180. The normalized spacial score (nSPS) is 30.7. The monoisotopic (exact) mass is 1460 g/mol. The van der Waals surface area contributed by atoms with E-state index in [-0.39, 0.29) is 28.7 Å². The fourth-order valence-corrected chi connectivity index (χ4v) is 14.8. The molecule has 5 aliphatic rings. The van der Waals surface area contributed by atoms with Crippen LogP contribution in [0.3, 0.4) is 0 Å². The van der Waals surface area contributed by atoms with Gasteiger partial charge in [0.2, 0.25) is 0 Å². The van der Waals surface area contributed by atoms with Crippen molar-refractivity contribution in [1.82, 2.24) is 47.8 Å². The second kappa shape index (κ2) is 29.0. The number of rotatable bonds is 26. The van der Waals surface area contributed by atoms with E-state index in [1.54, 1.807) is 0 Å². The van der Waals surface area contributed by atoms with Crippen LogP contribution < -0.4 is 56.2 Å². The number of aromatic amines is 5. The number of H-pyrrole nitrogens is 5. The maximum absolute atomic E-state index is 14.1. The maximum atomic E-state index is 14.1. The summed E-state index contributed by atoms with van der Waals surface area (Å²) in [5.41, 5.74) is -9.06. The number of nitrogens with zero attached hydrogens (tertiary/aromatic N) is 5. The Morgan fingerprint density at radius 2 is 0.691 bits per heavy atom. The number of nitrogens with one attached hydrogen (secondary N) is 5. The molecule has 5 fully saturated rings. The molecule has 20 atom stereocenters. The number of aromatic nitrogens is 10. The van der Waals surface area contributed by atoms with E-state index < -0.39 is 238 Å². The fraction of sp³-hybridized carbons (Fsp3) is 0.592. The third kappa shape index (κ3) is 17.1. The van der Waals surface area contributed by atoms with E-state index in [1.165, 1.54) is 27.7 Å². The lowest BCUT2D eigenvalue weighted by Crippen LogP contribution is -2.37. The molecule has 5 unspecified atom stereocenters. The third-order valence-electron chi connectivity index (χ3n) is 15.9. The van der Waals surface area contributed by atoms with Gasteiger partial charge in [0.1, 0.15) is 92.1 Å².